The zero-order valence-corrected chi connectivity index (χ0v) is 13.2. The van der Waals surface area contributed by atoms with E-state index in [2.05, 4.69) is 19.2 Å². The maximum atomic E-state index is 12.1. The van der Waals surface area contributed by atoms with Crippen molar-refractivity contribution in [3.63, 3.8) is 0 Å². The first-order valence-corrected chi connectivity index (χ1v) is 7.85. The van der Waals surface area contributed by atoms with E-state index in [1.54, 1.807) is 12.1 Å². The summed E-state index contributed by atoms with van der Waals surface area (Å²) < 4.78 is 5.12. The molecule has 1 aromatic rings. The fourth-order valence-electron chi connectivity index (χ4n) is 3.18. The van der Waals surface area contributed by atoms with E-state index in [0.29, 0.717) is 29.8 Å². The topological polar surface area (TPSA) is 64.3 Å². The number of nitrogens with two attached hydrogens (primary N) is 1. The average Bonchev–Trinajstić information content (AvgIpc) is 2.43. The van der Waals surface area contributed by atoms with Crippen LogP contribution in [0, 0.1) is 11.8 Å². The number of para-hydroxylation sites is 1. The van der Waals surface area contributed by atoms with Crippen LogP contribution in [0.2, 0.25) is 0 Å². The number of ether oxygens (including phenoxy) is 1. The number of nitrogen functional groups attached to an aromatic ring is 1. The summed E-state index contributed by atoms with van der Waals surface area (Å²) in [5, 5.41) is 3.50. The van der Waals surface area contributed by atoms with E-state index in [0.717, 1.165) is 18.0 Å². The Kier molecular flexibility index (Phi) is 5.10. The van der Waals surface area contributed by atoms with Gasteiger partial charge in [-0.05, 0) is 50.2 Å². The Morgan fingerprint density at radius 1 is 1.38 bits per heavy atom. The van der Waals surface area contributed by atoms with Gasteiger partial charge in [-0.2, -0.15) is 0 Å². The first-order chi connectivity index (χ1) is 10.0. The van der Waals surface area contributed by atoms with Gasteiger partial charge in [0.25, 0.3) is 0 Å². The molecule has 1 aliphatic carbocycles. The van der Waals surface area contributed by atoms with E-state index in [-0.39, 0.29) is 5.97 Å². The van der Waals surface area contributed by atoms with Crippen molar-refractivity contribution in [2.24, 2.45) is 11.8 Å². The summed E-state index contributed by atoms with van der Waals surface area (Å²) in [6.07, 6.45) is 3.53. The molecule has 0 aliphatic heterocycles. The maximum Gasteiger partial charge on any atom is 0.340 e. The van der Waals surface area contributed by atoms with Crippen LogP contribution in [0.1, 0.15) is 50.4 Å². The predicted octanol–water partition coefficient (Wildman–Crippen LogP) is 3.68. The van der Waals surface area contributed by atoms with Crippen LogP contribution < -0.4 is 11.1 Å². The van der Waals surface area contributed by atoms with Gasteiger partial charge in [0.1, 0.15) is 0 Å². The lowest BCUT2D eigenvalue weighted by molar-refractivity contribution is 0.0527. The van der Waals surface area contributed by atoms with Crippen LogP contribution in [-0.2, 0) is 4.74 Å². The highest BCUT2D eigenvalue weighted by Crippen LogP contribution is 2.33. The lowest BCUT2D eigenvalue weighted by atomic mass is 9.79. The molecule has 1 aliphatic rings. The minimum Gasteiger partial charge on any atom is -0.462 e. The SMILES string of the molecule is CCOC(=O)c1cccc(N)c1NC1CCC(C)CC1C. The number of hydrogen-bond acceptors (Lipinski definition) is 4. The molecule has 4 heteroatoms. The van der Waals surface area contributed by atoms with Gasteiger partial charge in [-0.3, -0.25) is 0 Å². The van der Waals surface area contributed by atoms with E-state index in [1.165, 1.54) is 12.8 Å². The number of esters is 1. The second-order valence-electron chi connectivity index (χ2n) is 6.14. The molecule has 0 radical (unpaired) electrons. The molecule has 2 rings (SSSR count). The highest BCUT2D eigenvalue weighted by molar-refractivity contribution is 5.98. The maximum absolute atomic E-state index is 12.1. The molecule has 3 N–H and O–H groups in total. The van der Waals surface area contributed by atoms with Gasteiger partial charge in [0.2, 0.25) is 0 Å². The molecule has 116 valence electrons. The van der Waals surface area contributed by atoms with Crippen LogP contribution in [0.25, 0.3) is 0 Å². The molecule has 0 spiro atoms. The smallest absolute Gasteiger partial charge is 0.340 e. The summed E-state index contributed by atoms with van der Waals surface area (Å²) in [5.74, 6) is 1.03. The van der Waals surface area contributed by atoms with Gasteiger partial charge in [-0.25, -0.2) is 4.79 Å². The summed E-state index contributed by atoms with van der Waals surface area (Å²) >= 11 is 0. The number of nitrogens with one attached hydrogen (secondary N) is 1. The van der Waals surface area contributed by atoms with E-state index < -0.39 is 0 Å². The Morgan fingerprint density at radius 2 is 2.14 bits per heavy atom. The van der Waals surface area contributed by atoms with Crippen molar-refractivity contribution in [3.05, 3.63) is 23.8 Å². The van der Waals surface area contributed by atoms with Gasteiger partial charge in [0.15, 0.2) is 0 Å². The molecule has 4 nitrogen and oxygen atoms in total. The normalized spacial score (nSPS) is 25.4. The average molecular weight is 290 g/mol. The van der Waals surface area contributed by atoms with Crippen molar-refractivity contribution in [3.8, 4) is 0 Å². The van der Waals surface area contributed by atoms with E-state index in [4.69, 9.17) is 10.5 Å². The minimum atomic E-state index is -0.316. The fraction of sp³-hybridized carbons (Fsp3) is 0.588. The van der Waals surface area contributed by atoms with Crippen LogP contribution in [0.15, 0.2) is 18.2 Å². The molecular weight excluding hydrogens is 264 g/mol. The number of hydrogen-bond donors (Lipinski definition) is 2. The van der Waals surface area contributed by atoms with Crippen LogP contribution in [-0.4, -0.2) is 18.6 Å². The van der Waals surface area contributed by atoms with Gasteiger partial charge < -0.3 is 15.8 Å². The third kappa shape index (κ3) is 3.69. The van der Waals surface area contributed by atoms with E-state index >= 15 is 0 Å². The van der Waals surface area contributed by atoms with Crippen molar-refractivity contribution >= 4 is 17.3 Å². The first kappa shape index (κ1) is 15.7. The van der Waals surface area contributed by atoms with Gasteiger partial charge in [-0.15, -0.1) is 0 Å². The standard InChI is InChI=1S/C17H26N2O2/c1-4-21-17(20)13-6-5-7-14(18)16(13)19-15-9-8-11(2)10-12(15)3/h5-7,11-12,15,19H,4,8-10,18H2,1-3H3. The molecular formula is C17H26N2O2. The summed E-state index contributed by atoms with van der Waals surface area (Å²) in [4.78, 5) is 12.1. The Morgan fingerprint density at radius 3 is 2.81 bits per heavy atom. The Labute approximate surface area is 127 Å². The third-order valence-electron chi connectivity index (χ3n) is 4.35. The molecule has 0 saturated heterocycles. The van der Waals surface area contributed by atoms with Crippen molar-refractivity contribution < 1.29 is 9.53 Å². The molecule has 3 unspecified atom stereocenters. The molecule has 0 heterocycles. The molecule has 1 fully saturated rings. The van der Waals surface area contributed by atoms with Gasteiger partial charge in [-0.1, -0.05) is 19.9 Å². The first-order valence-electron chi connectivity index (χ1n) is 7.85. The van der Waals surface area contributed by atoms with E-state index in [9.17, 15) is 4.79 Å². The molecule has 0 amide bonds. The number of rotatable bonds is 4. The Hall–Kier alpha value is -1.71. The minimum absolute atomic E-state index is 0.316. The van der Waals surface area contributed by atoms with Crippen molar-refractivity contribution in [2.75, 3.05) is 17.7 Å². The van der Waals surface area contributed by atoms with Crippen LogP contribution in [0.3, 0.4) is 0 Å². The Balaban J connectivity index is 2.20. The largest absolute Gasteiger partial charge is 0.462 e. The summed E-state index contributed by atoms with van der Waals surface area (Å²) in [7, 11) is 0. The van der Waals surface area contributed by atoms with Crippen LogP contribution in [0.4, 0.5) is 11.4 Å². The van der Waals surface area contributed by atoms with E-state index in [1.807, 2.05) is 13.0 Å². The summed E-state index contributed by atoms with van der Waals surface area (Å²) in [5.41, 5.74) is 7.93. The zero-order valence-electron chi connectivity index (χ0n) is 13.2. The molecule has 1 saturated carbocycles. The van der Waals surface area contributed by atoms with Crippen molar-refractivity contribution in [2.45, 2.75) is 46.1 Å². The number of carbonyl (C=O) groups excluding carboxylic acids is 1. The lowest BCUT2D eigenvalue weighted by Crippen LogP contribution is -2.33. The second-order valence-corrected chi connectivity index (χ2v) is 6.14. The summed E-state index contributed by atoms with van der Waals surface area (Å²) in [6.45, 7) is 6.73. The summed E-state index contributed by atoms with van der Waals surface area (Å²) in [6, 6.07) is 5.74. The molecule has 0 bridgehead atoms. The van der Waals surface area contributed by atoms with Crippen LogP contribution in [0.5, 0.6) is 0 Å². The second kappa shape index (κ2) is 6.83. The fourth-order valence-corrected chi connectivity index (χ4v) is 3.18. The molecule has 3 atom stereocenters. The number of carbonyl (C=O) groups is 1. The van der Waals surface area contributed by atoms with Gasteiger partial charge in [0, 0.05) is 6.04 Å². The quantitative estimate of drug-likeness (QED) is 0.656. The van der Waals surface area contributed by atoms with Crippen LogP contribution >= 0.6 is 0 Å². The highest BCUT2D eigenvalue weighted by Gasteiger charge is 2.27. The molecule has 21 heavy (non-hydrogen) atoms. The monoisotopic (exact) mass is 290 g/mol. The predicted molar refractivity (Wildman–Crippen MR) is 86.4 cm³/mol. The number of benzene rings is 1. The van der Waals surface area contributed by atoms with Crippen molar-refractivity contribution in [1.82, 2.24) is 0 Å². The molecule has 0 aromatic heterocycles. The lowest BCUT2D eigenvalue weighted by Gasteiger charge is -2.34. The van der Waals surface area contributed by atoms with Gasteiger partial charge >= 0.3 is 5.97 Å². The van der Waals surface area contributed by atoms with Crippen molar-refractivity contribution in [1.29, 1.82) is 0 Å². The Bertz CT molecular complexity index is 502. The highest BCUT2D eigenvalue weighted by atomic mass is 16.5. The van der Waals surface area contributed by atoms with Gasteiger partial charge in [0.05, 0.1) is 23.5 Å². The third-order valence-corrected chi connectivity index (χ3v) is 4.35. The number of anilines is 2. The molecule has 1 aromatic carbocycles. The zero-order chi connectivity index (χ0) is 15.4.